The number of alkyl halides is 3. The zero-order valence-electron chi connectivity index (χ0n) is 9.24. The van der Waals surface area contributed by atoms with Crippen LogP contribution in [0.2, 0.25) is 0 Å². The van der Waals surface area contributed by atoms with Gasteiger partial charge in [0.2, 0.25) is 9.84 Å². The van der Waals surface area contributed by atoms with Gasteiger partial charge in [-0.1, -0.05) is 41.1 Å². The first-order chi connectivity index (χ1) is 7.89. The van der Waals surface area contributed by atoms with E-state index in [-0.39, 0.29) is 9.72 Å². The van der Waals surface area contributed by atoms with Gasteiger partial charge in [0.1, 0.15) is 0 Å². The van der Waals surface area contributed by atoms with Crippen LogP contribution in [0.1, 0.15) is 18.9 Å². The first-order valence-electron chi connectivity index (χ1n) is 5.13. The summed E-state index contributed by atoms with van der Waals surface area (Å²) >= 11 is 3.37. The highest BCUT2D eigenvalue weighted by Gasteiger charge is 2.28. The van der Waals surface area contributed by atoms with Gasteiger partial charge in [-0.25, -0.2) is 8.42 Å². The van der Waals surface area contributed by atoms with Crippen LogP contribution in [0, 0.1) is 0 Å². The summed E-state index contributed by atoms with van der Waals surface area (Å²) in [5.74, 6) is -3.38. The van der Waals surface area contributed by atoms with Crippen LogP contribution in [0.15, 0.2) is 29.2 Å². The van der Waals surface area contributed by atoms with Gasteiger partial charge in [0.15, 0.2) is 0 Å². The molecule has 17 heavy (non-hydrogen) atoms. The second-order valence-electron chi connectivity index (χ2n) is 3.62. The Kier molecular flexibility index (Phi) is 5.06. The van der Waals surface area contributed by atoms with Gasteiger partial charge in [-0.2, -0.15) is 8.78 Å². The molecule has 0 saturated carbocycles. The van der Waals surface area contributed by atoms with Crippen molar-refractivity contribution in [3.63, 3.8) is 0 Å². The average Bonchev–Trinajstić information content (AvgIpc) is 2.29. The van der Waals surface area contributed by atoms with Gasteiger partial charge in [0.05, 0.1) is 4.90 Å². The zero-order chi connectivity index (χ0) is 13.1. The minimum Gasteiger partial charge on any atom is -0.218 e. The van der Waals surface area contributed by atoms with Gasteiger partial charge in [0, 0.05) is 4.83 Å². The summed E-state index contributed by atoms with van der Waals surface area (Å²) < 4.78 is 47.9. The van der Waals surface area contributed by atoms with Crippen molar-refractivity contribution in [3.05, 3.63) is 29.8 Å². The Labute approximate surface area is 108 Å². The molecule has 1 aromatic rings. The number of hydrogen-bond acceptors (Lipinski definition) is 2. The van der Waals surface area contributed by atoms with Crippen molar-refractivity contribution in [1.29, 1.82) is 0 Å². The number of benzene rings is 1. The first kappa shape index (κ1) is 14.6. The molecule has 0 heterocycles. The van der Waals surface area contributed by atoms with Gasteiger partial charge in [-0.15, -0.1) is 0 Å². The van der Waals surface area contributed by atoms with Crippen LogP contribution in [0.4, 0.5) is 8.78 Å². The highest BCUT2D eigenvalue weighted by molar-refractivity contribution is 9.09. The summed E-state index contributed by atoms with van der Waals surface area (Å²) in [6.45, 7) is 1.93. The van der Waals surface area contributed by atoms with Crippen molar-refractivity contribution in [3.8, 4) is 0 Å². The van der Waals surface area contributed by atoms with E-state index in [0.717, 1.165) is 6.42 Å². The Hall–Kier alpha value is -0.490. The van der Waals surface area contributed by atoms with E-state index in [0.29, 0.717) is 12.0 Å². The molecular weight excluding hydrogens is 314 g/mol. The van der Waals surface area contributed by atoms with Gasteiger partial charge in [-0.3, -0.25) is 0 Å². The van der Waals surface area contributed by atoms with E-state index in [1.54, 1.807) is 12.1 Å². The summed E-state index contributed by atoms with van der Waals surface area (Å²) in [6.07, 6.45) is 1.21. The Morgan fingerprint density at radius 3 is 2.41 bits per heavy atom. The quantitative estimate of drug-likeness (QED) is 0.777. The first-order valence-corrected chi connectivity index (χ1v) is 7.59. The van der Waals surface area contributed by atoms with Crippen LogP contribution in [0.3, 0.4) is 0 Å². The van der Waals surface area contributed by atoms with E-state index in [1.165, 1.54) is 12.1 Å². The molecular formula is C11H13BrF2O2S. The normalized spacial score (nSPS) is 13.9. The average molecular weight is 327 g/mol. The molecule has 1 rings (SSSR count). The van der Waals surface area contributed by atoms with Gasteiger partial charge in [0.25, 0.3) is 0 Å². The lowest BCUT2D eigenvalue weighted by atomic mass is 10.1. The molecule has 1 atom stereocenters. The molecule has 0 N–H and O–H groups in total. The fraction of sp³-hybridized carbons (Fsp3) is 0.455. The van der Waals surface area contributed by atoms with Crippen molar-refractivity contribution >= 4 is 25.8 Å². The molecule has 96 valence electrons. The Morgan fingerprint density at radius 2 is 1.88 bits per heavy atom. The smallest absolute Gasteiger partial charge is 0.218 e. The van der Waals surface area contributed by atoms with Gasteiger partial charge < -0.3 is 0 Å². The van der Waals surface area contributed by atoms with Gasteiger partial charge in [-0.05, 0) is 24.5 Å². The molecule has 0 radical (unpaired) electrons. The van der Waals surface area contributed by atoms with E-state index in [4.69, 9.17) is 0 Å². The minimum absolute atomic E-state index is 0.0801. The van der Waals surface area contributed by atoms with Crippen molar-refractivity contribution < 1.29 is 17.2 Å². The summed E-state index contributed by atoms with van der Waals surface area (Å²) in [6, 6.07) is 5.90. The lowest BCUT2D eigenvalue weighted by Gasteiger charge is -2.12. The third kappa shape index (κ3) is 3.48. The van der Waals surface area contributed by atoms with Crippen molar-refractivity contribution in [2.45, 2.75) is 35.2 Å². The second kappa shape index (κ2) is 5.91. The monoisotopic (exact) mass is 326 g/mol. The molecule has 2 nitrogen and oxygen atoms in total. The van der Waals surface area contributed by atoms with E-state index in [2.05, 4.69) is 15.9 Å². The van der Waals surface area contributed by atoms with E-state index in [9.17, 15) is 17.2 Å². The Morgan fingerprint density at radius 1 is 1.29 bits per heavy atom. The molecule has 0 fully saturated rings. The minimum atomic E-state index is -4.52. The second-order valence-corrected chi connectivity index (χ2v) is 6.80. The SMILES string of the molecule is CCC(Br)Cc1ccccc1S(=O)(=O)C(F)F. The predicted octanol–water partition coefficient (Wildman–Crippen LogP) is 3.40. The topological polar surface area (TPSA) is 34.1 Å². The number of sulfone groups is 1. The van der Waals surface area contributed by atoms with E-state index in [1.807, 2.05) is 6.92 Å². The molecule has 0 spiro atoms. The molecule has 0 aliphatic carbocycles. The van der Waals surface area contributed by atoms with Crippen LogP contribution in [-0.4, -0.2) is 19.0 Å². The van der Waals surface area contributed by atoms with Crippen LogP contribution >= 0.6 is 15.9 Å². The zero-order valence-corrected chi connectivity index (χ0v) is 11.6. The fourth-order valence-corrected chi connectivity index (χ4v) is 2.75. The van der Waals surface area contributed by atoms with Crippen LogP contribution in [0.25, 0.3) is 0 Å². The molecule has 0 bridgehead atoms. The molecule has 1 unspecified atom stereocenters. The number of hydrogen-bond donors (Lipinski definition) is 0. The molecule has 0 amide bonds. The summed E-state index contributed by atoms with van der Waals surface area (Å²) in [4.78, 5) is -0.190. The fourth-order valence-electron chi connectivity index (χ4n) is 1.43. The third-order valence-corrected chi connectivity index (χ3v) is 4.85. The lowest BCUT2D eigenvalue weighted by molar-refractivity contribution is 0.234. The highest BCUT2D eigenvalue weighted by atomic mass is 79.9. The molecule has 0 aliphatic heterocycles. The van der Waals surface area contributed by atoms with Crippen LogP contribution < -0.4 is 0 Å². The van der Waals surface area contributed by atoms with Crippen molar-refractivity contribution in [2.75, 3.05) is 0 Å². The van der Waals surface area contributed by atoms with Crippen LogP contribution in [0.5, 0.6) is 0 Å². The van der Waals surface area contributed by atoms with Crippen molar-refractivity contribution in [2.24, 2.45) is 0 Å². The summed E-state index contributed by atoms with van der Waals surface area (Å²) in [7, 11) is -4.52. The highest BCUT2D eigenvalue weighted by Crippen LogP contribution is 2.25. The molecule has 0 aliphatic rings. The molecule has 0 aromatic heterocycles. The van der Waals surface area contributed by atoms with E-state index >= 15 is 0 Å². The number of halogens is 3. The van der Waals surface area contributed by atoms with E-state index < -0.39 is 15.6 Å². The maximum absolute atomic E-state index is 12.5. The Balaban J connectivity index is 3.17. The molecule has 6 heteroatoms. The third-order valence-electron chi connectivity index (χ3n) is 2.40. The Bertz CT molecular complexity index is 474. The summed E-state index contributed by atoms with van der Waals surface area (Å²) in [5.41, 5.74) is 0.427. The summed E-state index contributed by atoms with van der Waals surface area (Å²) in [5, 5.41) is 0. The molecule has 1 aromatic carbocycles. The maximum Gasteiger partial charge on any atom is 0.341 e. The number of rotatable bonds is 5. The van der Waals surface area contributed by atoms with Crippen LogP contribution in [-0.2, 0) is 16.3 Å². The van der Waals surface area contributed by atoms with Crippen molar-refractivity contribution in [1.82, 2.24) is 0 Å². The molecule has 0 saturated heterocycles. The van der Waals surface area contributed by atoms with Gasteiger partial charge >= 0.3 is 5.76 Å². The standard InChI is InChI=1S/C11H13BrF2O2S/c1-2-9(12)7-8-5-3-4-6-10(8)17(15,16)11(13)14/h3-6,9,11H,2,7H2,1H3. The maximum atomic E-state index is 12.5. The lowest BCUT2D eigenvalue weighted by Crippen LogP contribution is -2.15. The largest absolute Gasteiger partial charge is 0.341 e. The predicted molar refractivity (Wildman–Crippen MR) is 66.3 cm³/mol.